The van der Waals surface area contributed by atoms with Crippen LogP contribution in [0.3, 0.4) is 0 Å². The normalized spacial score (nSPS) is 11.8. The zero-order chi connectivity index (χ0) is 12.2. The molecule has 16 heavy (non-hydrogen) atoms. The van der Waals surface area contributed by atoms with Gasteiger partial charge < -0.3 is 0 Å². The summed E-state index contributed by atoms with van der Waals surface area (Å²) in [5.41, 5.74) is 1.27. The van der Waals surface area contributed by atoms with Crippen molar-refractivity contribution in [3.8, 4) is 0 Å². The van der Waals surface area contributed by atoms with Crippen molar-refractivity contribution >= 4 is 31.8 Å². The summed E-state index contributed by atoms with van der Waals surface area (Å²) in [5, 5.41) is 0. The van der Waals surface area contributed by atoms with Crippen LogP contribution in [-0.4, -0.2) is 23.2 Å². The SMILES string of the molecule is C=S(=C)(N=S(CC)CC)c1ccc(C)cc1. The molecule has 3 heteroatoms. The van der Waals surface area contributed by atoms with Crippen LogP contribution in [0.5, 0.6) is 0 Å². The number of benzene rings is 1. The highest BCUT2D eigenvalue weighted by atomic mass is 32.2. The largest absolute Gasteiger partial charge is 0.205 e. The van der Waals surface area contributed by atoms with Crippen molar-refractivity contribution in [1.29, 1.82) is 0 Å². The minimum Gasteiger partial charge on any atom is -0.205 e. The van der Waals surface area contributed by atoms with E-state index in [0.29, 0.717) is 0 Å². The second-order valence-corrected chi connectivity index (χ2v) is 8.60. The van der Waals surface area contributed by atoms with E-state index in [1.54, 1.807) is 0 Å². The number of nitrogens with zero attached hydrogens (tertiary/aromatic N) is 1. The number of rotatable bonds is 4. The van der Waals surface area contributed by atoms with E-state index in [9.17, 15) is 0 Å². The lowest BCUT2D eigenvalue weighted by atomic mass is 10.2. The fourth-order valence-electron chi connectivity index (χ4n) is 1.35. The van der Waals surface area contributed by atoms with E-state index < -0.39 is 9.39 Å². The Hall–Kier alpha value is -0.540. The highest BCUT2D eigenvalue weighted by Gasteiger charge is 2.00. The predicted octanol–water partition coefficient (Wildman–Crippen LogP) is 3.78. The molecule has 0 atom stereocenters. The lowest BCUT2D eigenvalue weighted by molar-refractivity contribution is 1.37. The van der Waals surface area contributed by atoms with E-state index in [-0.39, 0.29) is 10.7 Å². The molecule has 1 rings (SSSR count). The average Bonchev–Trinajstić information content (AvgIpc) is 2.26. The summed E-state index contributed by atoms with van der Waals surface area (Å²) in [6, 6.07) is 8.44. The van der Waals surface area contributed by atoms with Gasteiger partial charge >= 0.3 is 0 Å². The molecule has 0 saturated carbocycles. The van der Waals surface area contributed by atoms with Crippen LogP contribution in [-0.2, 0) is 10.7 Å². The van der Waals surface area contributed by atoms with Crippen molar-refractivity contribution in [3.63, 3.8) is 0 Å². The monoisotopic (exact) mass is 255 g/mol. The molecule has 0 N–H and O–H groups in total. The molecule has 0 radical (unpaired) electrons. The Morgan fingerprint density at radius 2 is 1.62 bits per heavy atom. The summed E-state index contributed by atoms with van der Waals surface area (Å²) in [4.78, 5) is 1.18. The number of aryl methyl sites for hydroxylation is 1. The second-order valence-electron chi connectivity index (χ2n) is 3.77. The highest BCUT2D eigenvalue weighted by Crippen LogP contribution is 2.34. The zero-order valence-electron chi connectivity index (χ0n) is 10.4. The Morgan fingerprint density at radius 3 is 2.06 bits per heavy atom. The first-order chi connectivity index (χ1) is 7.49. The fourth-order valence-corrected chi connectivity index (χ4v) is 5.20. The maximum absolute atomic E-state index is 4.83. The number of hydrogen-bond acceptors (Lipinski definition) is 1. The van der Waals surface area contributed by atoms with Crippen LogP contribution in [0, 0.1) is 6.92 Å². The van der Waals surface area contributed by atoms with E-state index in [1.165, 1.54) is 10.5 Å². The Labute approximate surface area is 103 Å². The third kappa shape index (κ3) is 3.49. The lowest BCUT2D eigenvalue weighted by Gasteiger charge is -2.12. The molecule has 1 aromatic rings. The molecule has 0 bridgehead atoms. The molecule has 1 aromatic carbocycles. The lowest BCUT2D eigenvalue weighted by Crippen LogP contribution is -1.95. The first kappa shape index (κ1) is 13.5. The molecule has 0 aliphatic heterocycles. The van der Waals surface area contributed by atoms with E-state index in [0.717, 1.165) is 11.5 Å². The number of hydrogen-bond donors (Lipinski definition) is 0. The molecule has 1 nitrogen and oxygen atoms in total. The average molecular weight is 255 g/mol. The van der Waals surface area contributed by atoms with Gasteiger partial charge in [0.05, 0.1) is 0 Å². The quantitative estimate of drug-likeness (QED) is 0.726. The van der Waals surface area contributed by atoms with Crippen LogP contribution in [0.4, 0.5) is 0 Å². The molecule has 0 unspecified atom stereocenters. The first-order valence-corrected chi connectivity index (χ1v) is 8.91. The van der Waals surface area contributed by atoms with Gasteiger partial charge in [0.1, 0.15) is 0 Å². The van der Waals surface area contributed by atoms with Gasteiger partial charge in [-0.1, -0.05) is 63.4 Å². The first-order valence-electron chi connectivity index (χ1n) is 5.46. The van der Waals surface area contributed by atoms with Gasteiger partial charge in [-0.25, -0.2) is 3.77 Å². The van der Waals surface area contributed by atoms with Gasteiger partial charge in [-0.05, 0) is 19.1 Å². The zero-order valence-corrected chi connectivity index (χ0v) is 12.0. The van der Waals surface area contributed by atoms with Crippen LogP contribution in [0.1, 0.15) is 19.4 Å². The van der Waals surface area contributed by atoms with Crippen molar-refractivity contribution in [1.82, 2.24) is 0 Å². The maximum atomic E-state index is 4.83. The summed E-state index contributed by atoms with van der Waals surface area (Å²) in [6.45, 7) is 6.45. The molecule has 0 saturated heterocycles. The van der Waals surface area contributed by atoms with Gasteiger partial charge in [0.15, 0.2) is 0 Å². The summed E-state index contributed by atoms with van der Waals surface area (Å²) in [6.07, 6.45) is 0. The van der Waals surface area contributed by atoms with Crippen molar-refractivity contribution in [3.05, 3.63) is 29.8 Å². The van der Waals surface area contributed by atoms with Crippen LogP contribution in [0.25, 0.3) is 0 Å². The van der Waals surface area contributed by atoms with E-state index in [2.05, 4.69) is 56.8 Å². The molecule has 0 aliphatic carbocycles. The molecular formula is C13H21NS2. The van der Waals surface area contributed by atoms with Crippen LogP contribution in [0.15, 0.2) is 32.9 Å². The topological polar surface area (TPSA) is 12.4 Å². The maximum Gasteiger partial charge on any atom is 0.0159 e. The molecule has 90 valence electrons. The Bertz CT molecular complexity index is 461. The molecule has 0 spiro atoms. The van der Waals surface area contributed by atoms with Crippen LogP contribution >= 0.6 is 9.39 Å². The van der Waals surface area contributed by atoms with Crippen molar-refractivity contribution in [2.75, 3.05) is 11.5 Å². The molecule has 0 amide bonds. The fraction of sp³-hybridized carbons (Fsp3) is 0.385. The third-order valence-electron chi connectivity index (χ3n) is 2.37. The minimum atomic E-state index is -1.46. The van der Waals surface area contributed by atoms with Crippen LogP contribution in [0.2, 0.25) is 0 Å². The van der Waals surface area contributed by atoms with Crippen molar-refractivity contribution in [2.45, 2.75) is 25.7 Å². The molecule has 0 aliphatic rings. The second kappa shape index (κ2) is 5.69. The van der Waals surface area contributed by atoms with E-state index in [1.807, 2.05) is 0 Å². The third-order valence-corrected chi connectivity index (χ3v) is 6.84. The Kier molecular flexibility index (Phi) is 4.81. The molecule has 0 fully saturated rings. The highest BCUT2D eigenvalue weighted by molar-refractivity contribution is 8.29. The van der Waals surface area contributed by atoms with Gasteiger partial charge in [-0.2, -0.15) is 0 Å². The molecular weight excluding hydrogens is 234 g/mol. The smallest absolute Gasteiger partial charge is 0.0159 e. The summed E-state index contributed by atoms with van der Waals surface area (Å²) in [7, 11) is -1.34. The van der Waals surface area contributed by atoms with Gasteiger partial charge in [0.2, 0.25) is 0 Å². The molecule has 0 heterocycles. The Balaban J connectivity index is 3.12. The van der Waals surface area contributed by atoms with Gasteiger partial charge in [0.25, 0.3) is 0 Å². The van der Waals surface area contributed by atoms with Gasteiger partial charge in [0, 0.05) is 16.4 Å². The van der Waals surface area contributed by atoms with Gasteiger partial charge in [-0.15, -0.1) is 0 Å². The standard InChI is InChI=1S/C13H21NS2/c1-6-15(7-2)14-16(4,5)13-10-8-12(3)9-11-13/h8-11H,4-7H2,1-3H3. The van der Waals surface area contributed by atoms with Crippen molar-refractivity contribution < 1.29 is 0 Å². The summed E-state index contributed by atoms with van der Waals surface area (Å²) >= 11 is 0. The van der Waals surface area contributed by atoms with Crippen LogP contribution < -0.4 is 0 Å². The molecule has 0 aromatic heterocycles. The van der Waals surface area contributed by atoms with Gasteiger partial charge in [-0.3, -0.25) is 0 Å². The van der Waals surface area contributed by atoms with Crippen molar-refractivity contribution in [2.24, 2.45) is 3.77 Å². The predicted molar refractivity (Wildman–Crippen MR) is 82.2 cm³/mol. The Morgan fingerprint density at radius 1 is 1.12 bits per heavy atom. The van der Waals surface area contributed by atoms with E-state index >= 15 is 0 Å². The summed E-state index contributed by atoms with van der Waals surface area (Å²) < 4.78 is 4.83. The minimum absolute atomic E-state index is 0.123. The summed E-state index contributed by atoms with van der Waals surface area (Å²) in [5.74, 6) is 10.6. The van der Waals surface area contributed by atoms with E-state index in [4.69, 9.17) is 3.77 Å².